The fraction of sp³-hybridized carbons (Fsp3) is 0.682. The number of amides is 1. The van der Waals surface area contributed by atoms with Crippen molar-refractivity contribution in [3.8, 4) is 17.2 Å². The number of hydrogen-bond acceptors (Lipinski definition) is 5. The largest absolute Gasteiger partial charge is 0.493 e. The lowest BCUT2D eigenvalue weighted by Crippen LogP contribution is -2.52. The van der Waals surface area contributed by atoms with Gasteiger partial charge in [-0.15, -0.1) is 0 Å². The van der Waals surface area contributed by atoms with Gasteiger partial charge >= 0.3 is 0 Å². The molecule has 6 heteroatoms. The molecule has 1 amide bonds. The quantitative estimate of drug-likeness (QED) is 0.716. The first-order chi connectivity index (χ1) is 13.7. The average molecular weight is 391 g/mol. The monoisotopic (exact) mass is 390 g/mol. The van der Waals surface area contributed by atoms with Crippen molar-refractivity contribution in [3.63, 3.8) is 0 Å². The first-order valence-electron chi connectivity index (χ1n) is 10.5. The Morgan fingerprint density at radius 2 is 1.54 bits per heavy atom. The molecule has 2 aliphatic rings. The summed E-state index contributed by atoms with van der Waals surface area (Å²) in [4.78, 5) is 17.3. The molecule has 3 rings (SSSR count). The number of carbonyl (C=O) groups is 1. The predicted octanol–water partition coefficient (Wildman–Crippen LogP) is 3.12. The lowest BCUT2D eigenvalue weighted by molar-refractivity contribution is -0.133. The first kappa shape index (κ1) is 20.8. The highest BCUT2D eigenvalue weighted by Crippen LogP contribution is 2.38. The topological polar surface area (TPSA) is 51.2 Å². The summed E-state index contributed by atoms with van der Waals surface area (Å²) in [5.74, 6) is 2.08. The van der Waals surface area contributed by atoms with Crippen LogP contribution in [0.1, 0.15) is 44.1 Å². The van der Waals surface area contributed by atoms with E-state index in [1.54, 1.807) is 21.3 Å². The van der Waals surface area contributed by atoms with Crippen LogP contribution in [-0.4, -0.2) is 69.3 Å². The number of benzene rings is 1. The van der Waals surface area contributed by atoms with Gasteiger partial charge in [0.15, 0.2) is 11.5 Å². The third-order valence-corrected chi connectivity index (χ3v) is 6.11. The lowest BCUT2D eigenvalue weighted by atomic mass is 9.94. The molecular formula is C22H34N2O4. The Morgan fingerprint density at radius 3 is 2.07 bits per heavy atom. The van der Waals surface area contributed by atoms with E-state index in [1.165, 1.54) is 32.1 Å². The molecule has 0 atom stereocenters. The normalized spacial score (nSPS) is 18.8. The smallest absolute Gasteiger partial charge is 0.222 e. The van der Waals surface area contributed by atoms with Gasteiger partial charge in [0.1, 0.15) is 0 Å². The van der Waals surface area contributed by atoms with Gasteiger partial charge in [0.25, 0.3) is 0 Å². The number of nitrogens with zero attached hydrogens (tertiary/aromatic N) is 2. The maximum absolute atomic E-state index is 12.7. The highest BCUT2D eigenvalue weighted by molar-refractivity contribution is 5.76. The highest BCUT2D eigenvalue weighted by atomic mass is 16.5. The number of aryl methyl sites for hydroxylation is 1. The van der Waals surface area contributed by atoms with E-state index in [4.69, 9.17) is 14.2 Å². The SMILES string of the molecule is COc1cc(CCC(=O)N2CCN(C3CCCCC3)CC2)cc(OC)c1OC. The number of carbonyl (C=O) groups excluding carboxylic acids is 1. The molecule has 6 nitrogen and oxygen atoms in total. The zero-order valence-corrected chi connectivity index (χ0v) is 17.5. The summed E-state index contributed by atoms with van der Waals surface area (Å²) >= 11 is 0. The van der Waals surface area contributed by atoms with E-state index < -0.39 is 0 Å². The number of ether oxygens (including phenoxy) is 3. The van der Waals surface area contributed by atoms with Crippen LogP contribution in [0.15, 0.2) is 12.1 Å². The molecule has 0 aromatic heterocycles. The van der Waals surface area contributed by atoms with Crippen LogP contribution in [0, 0.1) is 0 Å². The molecule has 0 radical (unpaired) electrons. The predicted molar refractivity (Wildman–Crippen MR) is 109 cm³/mol. The fourth-order valence-corrected chi connectivity index (χ4v) is 4.47. The molecule has 156 valence electrons. The van der Waals surface area contributed by atoms with Gasteiger partial charge in [0.05, 0.1) is 21.3 Å². The highest BCUT2D eigenvalue weighted by Gasteiger charge is 2.27. The van der Waals surface area contributed by atoms with E-state index in [0.717, 1.165) is 37.8 Å². The molecule has 0 bridgehead atoms. The summed E-state index contributed by atoms with van der Waals surface area (Å²) in [7, 11) is 4.81. The molecular weight excluding hydrogens is 356 g/mol. The van der Waals surface area contributed by atoms with Crippen LogP contribution in [-0.2, 0) is 11.2 Å². The Labute approximate surface area is 168 Å². The average Bonchev–Trinajstić information content (AvgIpc) is 2.77. The van der Waals surface area contributed by atoms with E-state index in [1.807, 2.05) is 17.0 Å². The van der Waals surface area contributed by atoms with Gasteiger partial charge in [-0.3, -0.25) is 9.69 Å². The summed E-state index contributed by atoms with van der Waals surface area (Å²) in [5.41, 5.74) is 1.02. The van der Waals surface area contributed by atoms with Crippen molar-refractivity contribution in [1.29, 1.82) is 0 Å². The minimum absolute atomic E-state index is 0.233. The Kier molecular flexibility index (Phi) is 7.43. The molecule has 0 N–H and O–H groups in total. The van der Waals surface area contributed by atoms with E-state index in [-0.39, 0.29) is 5.91 Å². The maximum atomic E-state index is 12.7. The van der Waals surface area contributed by atoms with Crippen molar-refractivity contribution in [2.45, 2.75) is 51.0 Å². The number of rotatable bonds is 7. The molecule has 1 aromatic rings. The van der Waals surface area contributed by atoms with Crippen LogP contribution in [0.2, 0.25) is 0 Å². The molecule has 2 fully saturated rings. The number of piperazine rings is 1. The molecule has 28 heavy (non-hydrogen) atoms. The second-order valence-electron chi connectivity index (χ2n) is 7.74. The molecule has 1 aromatic carbocycles. The van der Waals surface area contributed by atoms with Crippen molar-refractivity contribution in [2.24, 2.45) is 0 Å². The van der Waals surface area contributed by atoms with Crippen molar-refractivity contribution >= 4 is 5.91 Å². The second-order valence-corrected chi connectivity index (χ2v) is 7.74. The van der Waals surface area contributed by atoms with Crippen LogP contribution in [0.4, 0.5) is 0 Å². The van der Waals surface area contributed by atoms with Gasteiger partial charge in [0, 0.05) is 38.6 Å². The zero-order valence-electron chi connectivity index (χ0n) is 17.5. The Morgan fingerprint density at radius 1 is 0.929 bits per heavy atom. The summed E-state index contributed by atoms with van der Waals surface area (Å²) in [6.07, 6.45) is 7.93. The number of hydrogen-bond donors (Lipinski definition) is 0. The summed E-state index contributed by atoms with van der Waals surface area (Å²) < 4.78 is 16.2. The molecule has 1 aliphatic carbocycles. The van der Waals surface area contributed by atoms with Crippen molar-refractivity contribution in [2.75, 3.05) is 47.5 Å². The molecule has 1 saturated carbocycles. The molecule has 0 unspecified atom stereocenters. The summed E-state index contributed by atoms with van der Waals surface area (Å²) in [6.45, 7) is 3.73. The lowest BCUT2D eigenvalue weighted by Gasteiger charge is -2.40. The Hall–Kier alpha value is -1.95. The molecule has 1 saturated heterocycles. The fourth-order valence-electron chi connectivity index (χ4n) is 4.47. The maximum Gasteiger partial charge on any atom is 0.222 e. The van der Waals surface area contributed by atoms with Gasteiger partial charge in [-0.25, -0.2) is 0 Å². The van der Waals surface area contributed by atoms with Gasteiger partial charge < -0.3 is 19.1 Å². The van der Waals surface area contributed by atoms with Gasteiger partial charge in [-0.05, 0) is 37.0 Å². The van der Waals surface area contributed by atoms with Crippen LogP contribution >= 0.6 is 0 Å². The number of methoxy groups -OCH3 is 3. The van der Waals surface area contributed by atoms with E-state index >= 15 is 0 Å². The standard InChI is InChI=1S/C22H34N2O4/c1-26-19-15-17(16-20(27-2)22(19)28-3)9-10-21(25)24-13-11-23(12-14-24)18-7-5-4-6-8-18/h15-16,18H,4-14H2,1-3H3. The van der Waals surface area contributed by atoms with Gasteiger partial charge in [-0.2, -0.15) is 0 Å². The summed E-state index contributed by atoms with van der Waals surface area (Å²) in [5, 5.41) is 0. The minimum atomic E-state index is 0.233. The van der Waals surface area contributed by atoms with E-state index in [0.29, 0.717) is 30.1 Å². The minimum Gasteiger partial charge on any atom is -0.493 e. The second kappa shape index (κ2) is 10.0. The van der Waals surface area contributed by atoms with Crippen LogP contribution < -0.4 is 14.2 Å². The van der Waals surface area contributed by atoms with Crippen molar-refractivity contribution in [1.82, 2.24) is 9.80 Å². The molecule has 1 heterocycles. The summed E-state index contributed by atoms with van der Waals surface area (Å²) in [6, 6.07) is 4.59. The first-order valence-corrected chi connectivity index (χ1v) is 10.5. The van der Waals surface area contributed by atoms with Crippen LogP contribution in [0.25, 0.3) is 0 Å². The Balaban J connectivity index is 1.52. The van der Waals surface area contributed by atoms with Gasteiger partial charge in [0.2, 0.25) is 11.7 Å². The third kappa shape index (κ3) is 4.90. The van der Waals surface area contributed by atoms with E-state index in [9.17, 15) is 4.79 Å². The van der Waals surface area contributed by atoms with Crippen LogP contribution in [0.5, 0.6) is 17.2 Å². The molecule has 0 spiro atoms. The Bertz CT molecular complexity index is 625. The van der Waals surface area contributed by atoms with Crippen molar-refractivity contribution in [3.05, 3.63) is 17.7 Å². The zero-order chi connectivity index (χ0) is 19.9. The molecule has 1 aliphatic heterocycles. The van der Waals surface area contributed by atoms with Crippen LogP contribution in [0.3, 0.4) is 0 Å². The van der Waals surface area contributed by atoms with E-state index in [2.05, 4.69) is 4.90 Å². The third-order valence-electron chi connectivity index (χ3n) is 6.11. The van der Waals surface area contributed by atoms with Gasteiger partial charge in [-0.1, -0.05) is 19.3 Å². The van der Waals surface area contributed by atoms with Crippen molar-refractivity contribution < 1.29 is 19.0 Å².